The Morgan fingerprint density at radius 1 is 1.12 bits per heavy atom. The van der Waals surface area contributed by atoms with Crippen LogP contribution < -0.4 is 0 Å². The van der Waals surface area contributed by atoms with Crippen molar-refractivity contribution in [1.82, 2.24) is 0 Å². The molecule has 0 aliphatic carbocycles. The van der Waals surface area contributed by atoms with Crippen molar-refractivity contribution in [2.45, 2.75) is 13.8 Å². The van der Waals surface area contributed by atoms with Crippen molar-refractivity contribution in [3.8, 4) is 0 Å². The van der Waals surface area contributed by atoms with Crippen LogP contribution in [0.3, 0.4) is 0 Å². The highest BCUT2D eigenvalue weighted by Crippen LogP contribution is 2.27. The summed E-state index contributed by atoms with van der Waals surface area (Å²) < 4.78 is 0. The number of rotatable bonds is 2. The van der Waals surface area contributed by atoms with Gasteiger partial charge in [-0.25, -0.2) is 0 Å². The molecule has 0 fully saturated rings. The topological polar surface area (TPSA) is 17.1 Å². The molecule has 2 rings (SSSR count). The minimum Gasteiger partial charge on any atom is -0.289 e. The van der Waals surface area contributed by atoms with E-state index in [9.17, 15) is 4.79 Å². The third-order valence-electron chi connectivity index (χ3n) is 2.46. The van der Waals surface area contributed by atoms with E-state index >= 15 is 0 Å². The number of carbonyl (C=O) groups is 1. The van der Waals surface area contributed by atoms with Gasteiger partial charge >= 0.3 is 0 Å². The number of benzene rings is 1. The average molecular weight is 285 g/mol. The van der Waals surface area contributed by atoms with Gasteiger partial charge in [-0.2, -0.15) is 0 Å². The van der Waals surface area contributed by atoms with Gasteiger partial charge in [-0.15, -0.1) is 11.3 Å². The molecule has 0 amide bonds. The van der Waals surface area contributed by atoms with Gasteiger partial charge < -0.3 is 0 Å². The van der Waals surface area contributed by atoms with Crippen molar-refractivity contribution in [2.75, 3.05) is 0 Å². The molecule has 0 spiro atoms. The number of carbonyl (C=O) groups excluding carboxylic acids is 1. The molecule has 0 N–H and O–H groups in total. The van der Waals surface area contributed by atoms with Crippen LogP contribution in [0.15, 0.2) is 24.3 Å². The molecule has 17 heavy (non-hydrogen) atoms. The zero-order chi connectivity index (χ0) is 12.6. The summed E-state index contributed by atoms with van der Waals surface area (Å²) >= 11 is 13.5. The average Bonchev–Trinajstić information content (AvgIpc) is 2.57. The maximum absolute atomic E-state index is 12.3. The molecule has 1 aromatic heterocycles. The van der Waals surface area contributed by atoms with E-state index in [0.29, 0.717) is 15.6 Å². The number of ketones is 1. The first kappa shape index (κ1) is 12.6. The highest BCUT2D eigenvalue weighted by atomic mass is 35.5. The monoisotopic (exact) mass is 284 g/mol. The van der Waals surface area contributed by atoms with Gasteiger partial charge in [-0.1, -0.05) is 23.2 Å². The predicted molar refractivity (Wildman–Crippen MR) is 73.7 cm³/mol. The van der Waals surface area contributed by atoms with Crippen LogP contribution >= 0.6 is 34.5 Å². The van der Waals surface area contributed by atoms with Crippen molar-refractivity contribution in [3.63, 3.8) is 0 Å². The van der Waals surface area contributed by atoms with Crippen molar-refractivity contribution in [3.05, 3.63) is 55.2 Å². The third-order valence-corrected chi connectivity index (χ3v) is 3.98. The van der Waals surface area contributed by atoms with Crippen molar-refractivity contribution < 1.29 is 4.79 Å². The lowest BCUT2D eigenvalue weighted by atomic mass is 10.0. The molecule has 0 atom stereocenters. The summed E-state index contributed by atoms with van der Waals surface area (Å²) in [6, 6.07) is 6.83. The van der Waals surface area contributed by atoms with Crippen molar-refractivity contribution >= 4 is 40.3 Å². The molecule has 2 aromatic rings. The second-order valence-electron chi connectivity index (χ2n) is 3.78. The van der Waals surface area contributed by atoms with Gasteiger partial charge in [0.15, 0.2) is 5.78 Å². The molecule has 1 nitrogen and oxygen atoms in total. The van der Waals surface area contributed by atoms with E-state index in [0.717, 1.165) is 15.3 Å². The first-order chi connectivity index (χ1) is 7.99. The summed E-state index contributed by atoms with van der Waals surface area (Å²) in [6.45, 7) is 3.92. The highest BCUT2D eigenvalue weighted by molar-refractivity contribution is 7.12. The van der Waals surface area contributed by atoms with Crippen LogP contribution in [-0.4, -0.2) is 5.78 Å². The zero-order valence-electron chi connectivity index (χ0n) is 9.38. The lowest BCUT2D eigenvalue weighted by Crippen LogP contribution is -2.02. The number of thiophene rings is 1. The molecule has 4 heteroatoms. The number of halogens is 2. The third kappa shape index (κ3) is 2.54. The Morgan fingerprint density at radius 3 is 2.35 bits per heavy atom. The molecular formula is C13H10Cl2OS. The molecule has 0 saturated carbocycles. The summed E-state index contributed by atoms with van der Waals surface area (Å²) in [4.78, 5) is 14.4. The number of hydrogen-bond acceptors (Lipinski definition) is 2. The summed E-state index contributed by atoms with van der Waals surface area (Å²) in [5.74, 6) is -0.0477. The molecule has 0 bridgehead atoms. The quantitative estimate of drug-likeness (QED) is 0.717. The standard InChI is InChI=1S/C13H10Cl2OS/c1-7-5-11(8(2)17-7)13(16)10-4-3-9(14)6-12(10)15/h3-6H,1-2H3. The Labute approximate surface area is 114 Å². The molecule has 1 heterocycles. The van der Waals surface area contributed by atoms with Gasteiger partial charge in [0.1, 0.15) is 0 Å². The van der Waals surface area contributed by atoms with E-state index in [1.54, 1.807) is 29.5 Å². The summed E-state index contributed by atoms with van der Waals surface area (Å²) in [5.41, 5.74) is 1.22. The Bertz CT molecular complexity index is 587. The molecule has 1 aromatic carbocycles. The normalized spacial score (nSPS) is 10.6. The van der Waals surface area contributed by atoms with E-state index in [-0.39, 0.29) is 5.78 Å². The second kappa shape index (κ2) is 4.81. The maximum Gasteiger partial charge on any atom is 0.195 e. The SMILES string of the molecule is Cc1cc(C(=O)c2ccc(Cl)cc2Cl)c(C)s1. The van der Waals surface area contributed by atoms with Gasteiger partial charge in [0.25, 0.3) is 0 Å². The van der Waals surface area contributed by atoms with Gasteiger partial charge in [0, 0.05) is 25.9 Å². The lowest BCUT2D eigenvalue weighted by Gasteiger charge is -2.03. The van der Waals surface area contributed by atoms with Crippen molar-refractivity contribution in [1.29, 1.82) is 0 Å². The van der Waals surface area contributed by atoms with E-state index in [1.165, 1.54) is 0 Å². The van der Waals surface area contributed by atoms with Gasteiger partial charge in [0.05, 0.1) is 5.02 Å². The Kier molecular flexibility index (Phi) is 3.57. The Balaban J connectivity index is 2.47. The molecule has 0 saturated heterocycles. The fraction of sp³-hybridized carbons (Fsp3) is 0.154. The highest BCUT2D eigenvalue weighted by Gasteiger charge is 2.16. The van der Waals surface area contributed by atoms with E-state index in [1.807, 2.05) is 19.9 Å². The Morgan fingerprint density at radius 2 is 1.82 bits per heavy atom. The largest absolute Gasteiger partial charge is 0.289 e. The van der Waals surface area contributed by atoms with Crippen LogP contribution in [0.4, 0.5) is 0 Å². The lowest BCUT2D eigenvalue weighted by molar-refractivity contribution is 0.103. The fourth-order valence-corrected chi connectivity index (χ4v) is 3.09. The summed E-state index contributed by atoms with van der Waals surface area (Å²) in [5, 5.41) is 0.926. The first-order valence-electron chi connectivity index (χ1n) is 5.06. The molecule has 0 aliphatic heterocycles. The molecule has 0 unspecified atom stereocenters. The molecule has 0 radical (unpaired) electrons. The van der Waals surface area contributed by atoms with Crippen LogP contribution in [0, 0.1) is 13.8 Å². The van der Waals surface area contributed by atoms with Gasteiger partial charge in [0.2, 0.25) is 0 Å². The molecule has 88 valence electrons. The van der Waals surface area contributed by atoms with Crippen LogP contribution in [0.25, 0.3) is 0 Å². The van der Waals surface area contributed by atoms with E-state index < -0.39 is 0 Å². The summed E-state index contributed by atoms with van der Waals surface area (Å²) in [6.07, 6.45) is 0. The van der Waals surface area contributed by atoms with Gasteiger partial charge in [-0.05, 0) is 38.1 Å². The van der Waals surface area contributed by atoms with Crippen molar-refractivity contribution in [2.24, 2.45) is 0 Å². The Hall–Kier alpha value is -0.830. The first-order valence-corrected chi connectivity index (χ1v) is 6.63. The smallest absolute Gasteiger partial charge is 0.195 e. The number of hydrogen-bond donors (Lipinski definition) is 0. The molecular weight excluding hydrogens is 275 g/mol. The van der Waals surface area contributed by atoms with Crippen LogP contribution in [-0.2, 0) is 0 Å². The number of aryl methyl sites for hydroxylation is 2. The molecule has 0 aliphatic rings. The second-order valence-corrected chi connectivity index (χ2v) is 6.08. The fourth-order valence-electron chi connectivity index (χ4n) is 1.67. The minimum atomic E-state index is -0.0477. The zero-order valence-corrected chi connectivity index (χ0v) is 11.7. The van der Waals surface area contributed by atoms with E-state index in [2.05, 4.69) is 0 Å². The van der Waals surface area contributed by atoms with Gasteiger partial charge in [-0.3, -0.25) is 4.79 Å². The van der Waals surface area contributed by atoms with Crippen LogP contribution in [0.2, 0.25) is 10.0 Å². The summed E-state index contributed by atoms with van der Waals surface area (Å²) in [7, 11) is 0. The van der Waals surface area contributed by atoms with Crippen LogP contribution in [0.5, 0.6) is 0 Å². The minimum absolute atomic E-state index is 0.0477. The maximum atomic E-state index is 12.3. The van der Waals surface area contributed by atoms with Crippen LogP contribution in [0.1, 0.15) is 25.7 Å². The van der Waals surface area contributed by atoms with E-state index in [4.69, 9.17) is 23.2 Å². The predicted octanol–water partition coefficient (Wildman–Crippen LogP) is 4.90.